The van der Waals surface area contributed by atoms with Gasteiger partial charge in [0.2, 0.25) is 0 Å². The second-order valence-electron chi connectivity index (χ2n) is 3.92. The Morgan fingerprint density at radius 1 is 1.53 bits per heavy atom. The molecule has 0 aliphatic heterocycles. The first kappa shape index (κ1) is 9.83. The number of amides is 1. The Morgan fingerprint density at radius 2 is 2.20 bits per heavy atom. The first-order valence-corrected chi connectivity index (χ1v) is 4.95. The van der Waals surface area contributed by atoms with Crippen molar-refractivity contribution in [1.29, 1.82) is 0 Å². The maximum Gasteiger partial charge on any atom is 0.253 e. The summed E-state index contributed by atoms with van der Waals surface area (Å²) in [5, 5.41) is 9.39. The van der Waals surface area contributed by atoms with E-state index in [4.69, 9.17) is 5.73 Å². The second kappa shape index (κ2) is 3.46. The fourth-order valence-corrected chi connectivity index (χ4v) is 1.51. The van der Waals surface area contributed by atoms with Gasteiger partial charge in [-0.3, -0.25) is 4.79 Å². The van der Waals surface area contributed by atoms with Crippen molar-refractivity contribution in [3.8, 4) is 5.75 Å². The van der Waals surface area contributed by atoms with Crippen LogP contribution in [0.25, 0.3) is 0 Å². The molecule has 0 heterocycles. The fourth-order valence-electron chi connectivity index (χ4n) is 1.51. The van der Waals surface area contributed by atoms with Crippen LogP contribution in [-0.2, 0) is 0 Å². The van der Waals surface area contributed by atoms with Crippen molar-refractivity contribution in [3.63, 3.8) is 0 Å². The molecule has 4 heteroatoms. The molecule has 2 rings (SSSR count). The number of nitrogens with zero attached hydrogens (tertiary/aromatic N) is 1. The number of aromatic hydroxyl groups is 1. The molecule has 0 atom stereocenters. The molecule has 1 aliphatic rings. The lowest BCUT2D eigenvalue weighted by Crippen LogP contribution is -2.28. The highest BCUT2D eigenvalue weighted by Crippen LogP contribution is 2.28. The molecule has 0 aromatic heterocycles. The van der Waals surface area contributed by atoms with Crippen LogP contribution in [0.3, 0.4) is 0 Å². The molecule has 1 aliphatic carbocycles. The van der Waals surface area contributed by atoms with Gasteiger partial charge in [-0.15, -0.1) is 0 Å². The van der Waals surface area contributed by atoms with Crippen molar-refractivity contribution < 1.29 is 9.90 Å². The number of carbonyl (C=O) groups excluding carboxylic acids is 1. The summed E-state index contributed by atoms with van der Waals surface area (Å²) >= 11 is 0. The molecule has 1 aromatic rings. The Labute approximate surface area is 88.3 Å². The van der Waals surface area contributed by atoms with E-state index in [-0.39, 0.29) is 11.7 Å². The van der Waals surface area contributed by atoms with Gasteiger partial charge in [0.25, 0.3) is 5.91 Å². The van der Waals surface area contributed by atoms with Crippen LogP contribution in [0.4, 0.5) is 5.69 Å². The number of rotatable bonds is 2. The standard InChI is InChI=1S/C11H14N2O2/c1-13(8-3-4-8)11(15)7-2-5-9(12)10(14)6-7/h2,5-6,8,14H,3-4,12H2,1H3. The maximum atomic E-state index is 11.9. The summed E-state index contributed by atoms with van der Waals surface area (Å²) in [6.07, 6.45) is 2.15. The molecule has 3 N–H and O–H groups in total. The zero-order valence-corrected chi connectivity index (χ0v) is 8.60. The molecule has 4 nitrogen and oxygen atoms in total. The van der Waals surface area contributed by atoms with Crippen LogP contribution in [0.1, 0.15) is 23.2 Å². The van der Waals surface area contributed by atoms with Gasteiger partial charge in [-0.1, -0.05) is 0 Å². The molecule has 0 bridgehead atoms. The van der Waals surface area contributed by atoms with Gasteiger partial charge in [0, 0.05) is 18.7 Å². The molecule has 0 saturated heterocycles. The van der Waals surface area contributed by atoms with Crippen LogP contribution in [0, 0.1) is 0 Å². The fraction of sp³-hybridized carbons (Fsp3) is 0.364. The van der Waals surface area contributed by atoms with Crippen LogP contribution >= 0.6 is 0 Å². The van der Waals surface area contributed by atoms with E-state index >= 15 is 0 Å². The van der Waals surface area contributed by atoms with Crippen molar-refractivity contribution in [3.05, 3.63) is 23.8 Å². The van der Waals surface area contributed by atoms with Gasteiger partial charge in [0.15, 0.2) is 0 Å². The minimum atomic E-state index is -0.0622. The molecular weight excluding hydrogens is 192 g/mol. The number of carbonyl (C=O) groups is 1. The number of nitrogen functional groups attached to an aromatic ring is 1. The molecule has 1 amide bonds. The van der Waals surface area contributed by atoms with Crippen molar-refractivity contribution in [1.82, 2.24) is 4.90 Å². The molecular formula is C11H14N2O2. The van der Waals surface area contributed by atoms with Crippen molar-refractivity contribution in [2.75, 3.05) is 12.8 Å². The molecule has 15 heavy (non-hydrogen) atoms. The predicted octanol–water partition coefficient (Wildman–Crippen LogP) is 1.21. The third-order valence-electron chi connectivity index (χ3n) is 2.69. The zero-order chi connectivity index (χ0) is 11.0. The largest absolute Gasteiger partial charge is 0.506 e. The smallest absolute Gasteiger partial charge is 0.253 e. The van der Waals surface area contributed by atoms with E-state index < -0.39 is 0 Å². The average Bonchev–Trinajstić information content (AvgIpc) is 3.03. The molecule has 1 aromatic carbocycles. The van der Waals surface area contributed by atoms with Gasteiger partial charge in [0.1, 0.15) is 5.75 Å². The molecule has 0 radical (unpaired) electrons. The topological polar surface area (TPSA) is 66.6 Å². The van der Waals surface area contributed by atoms with Gasteiger partial charge >= 0.3 is 0 Å². The van der Waals surface area contributed by atoms with Crippen LogP contribution in [-0.4, -0.2) is 29.0 Å². The Kier molecular flexibility index (Phi) is 2.26. The quantitative estimate of drug-likeness (QED) is 0.564. The zero-order valence-electron chi connectivity index (χ0n) is 8.60. The van der Waals surface area contributed by atoms with Gasteiger partial charge < -0.3 is 15.7 Å². The van der Waals surface area contributed by atoms with Crippen LogP contribution in [0.5, 0.6) is 5.75 Å². The van der Waals surface area contributed by atoms with Crippen LogP contribution in [0.2, 0.25) is 0 Å². The Morgan fingerprint density at radius 3 is 2.73 bits per heavy atom. The molecule has 0 spiro atoms. The van der Waals surface area contributed by atoms with Gasteiger partial charge in [-0.25, -0.2) is 0 Å². The average molecular weight is 206 g/mol. The van der Waals surface area contributed by atoms with E-state index in [1.54, 1.807) is 24.1 Å². The number of benzene rings is 1. The molecule has 1 saturated carbocycles. The first-order chi connectivity index (χ1) is 7.09. The minimum absolute atomic E-state index is 0.0370. The third kappa shape index (κ3) is 1.88. The number of hydrogen-bond acceptors (Lipinski definition) is 3. The lowest BCUT2D eigenvalue weighted by Gasteiger charge is -2.16. The lowest BCUT2D eigenvalue weighted by atomic mass is 10.1. The van der Waals surface area contributed by atoms with E-state index in [2.05, 4.69) is 0 Å². The normalized spacial score (nSPS) is 15.0. The van der Waals surface area contributed by atoms with Gasteiger partial charge in [-0.05, 0) is 31.0 Å². The highest BCUT2D eigenvalue weighted by Gasteiger charge is 2.30. The summed E-state index contributed by atoms with van der Waals surface area (Å²) < 4.78 is 0. The Balaban J connectivity index is 2.21. The Hall–Kier alpha value is -1.71. The van der Waals surface area contributed by atoms with E-state index in [1.165, 1.54) is 6.07 Å². The van der Waals surface area contributed by atoms with Crippen LogP contribution in [0.15, 0.2) is 18.2 Å². The van der Waals surface area contributed by atoms with Crippen LogP contribution < -0.4 is 5.73 Å². The summed E-state index contributed by atoms with van der Waals surface area (Å²) in [5.74, 6) is -0.0992. The highest BCUT2D eigenvalue weighted by molar-refractivity contribution is 5.95. The molecule has 0 unspecified atom stereocenters. The summed E-state index contributed by atoms with van der Waals surface area (Å²) in [6, 6.07) is 4.97. The maximum absolute atomic E-state index is 11.9. The number of hydrogen-bond donors (Lipinski definition) is 2. The van der Waals surface area contributed by atoms with E-state index in [0.29, 0.717) is 17.3 Å². The van der Waals surface area contributed by atoms with Crippen molar-refractivity contribution in [2.45, 2.75) is 18.9 Å². The summed E-state index contributed by atoms with van der Waals surface area (Å²) in [6.45, 7) is 0. The predicted molar refractivity (Wildman–Crippen MR) is 57.6 cm³/mol. The number of phenols is 1. The van der Waals surface area contributed by atoms with Crippen molar-refractivity contribution >= 4 is 11.6 Å². The van der Waals surface area contributed by atoms with E-state index in [9.17, 15) is 9.90 Å². The second-order valence-corrected chi connectivity index (χ2v) is 3.92. The highest BCUT2D eigenvalue weighted by atomic mass is 16.3. The SMILES string of the molecule is CN(C(=O)c1ccc(N)c(O)c1)C1CC1. The first-order valence-electron chi connectivity index (χ1n) is 4.95. The number of phenolic OH excluding ortho intramolecular Hbond substituents is 1. The monoisotopic (exact) mass is 206 g/mol. The van der Waals surface area contributed by atoms with E-state index in [1.807, 2.05) is 0 Å². The third-order valence-corrected chi connectivity index (χ3v) is 2.69. The summed E-state index contributed by atoms with van der Waals surface area (Å²) in [4.78, 5) is 13.6. The molecule has 80 valence electrons. The minimum Gasteiger partial charge on any atom is -0.506 e. The summed E-state index contributed by atoms with van der Waals surface area (Å²) in [7, 11) is 1.79. The van der Waals surface area contributed by atoms with Gasteiger partial charge in [-0.2, -0.15) is 0 Å². The van der Waals surface area contributed by atoms with Gasteiger partial charge in [0.05, 0.1) is 5.69 Å². The summed E-state index contributed by atoms with van der Waals surface area (Å²) in [5.41, 5.74) is 6.24. The number of anilines is 1. The van der Waals surface area contributed by atoms with Crippen molar-refractivity contribution in [2.24, 2.45) is 0 Å². The lowest BCUT2D eigenvalue weighted by molar-refractivity contribution is 0.0784. The number of nitrogens with two attached hydrogens (primary N) is 1. The Bertz CT molecular complexity index is 400. The molecule has 1 fully saturated rings. The van der Waals surface area contributed by atoms with E-state index in [0.717, 1.165) is 12.8 Å².